The van der Waals surface area contributed by atoms with E-state index in [1.165, 1.54) is 0 Å². The van der Waals surface area contributed by atoms with Crippen LogP contribution in [0.2, 0.25) is 0 Å². The van der Waals surface area contributed by atoms with Crippen LogP contribution in [0.3, 0.4) is 0 Å². The zero-order valence-electron chi connectivity index (χ0n) is 9.52. The van der Waals surface area contributed by atoms with Crippen LogP contribution in [-0.2, 0) is 10.2 Å². The zero-order chi connectivity index (χ0) is 11.6. The van der Waals surface area contributed by atoms with Crippen molar-refractivity contribution < 1.29 is 4.79 Å². The highest BCUT2D eigenvalue weighted by molar-refractivity contribution is 5.86. The predicted molar refractivity (Wildman–Crippen MR) is 61.8 cm³/mol. The molecule has 0 bridgehead atoms. The summed E-state index contributed by atoms with van der Waals surface area (Å²) in [5.74, 6) is -0.251. The number of primary amides is 1. The number of nitrogens with zero attached hydrogens (tertiary/aromatic N) is 2. The molecule has 16 heavy (non-hydrogen) atoms. The molecule has 0 saturated carbocycles. The van der Waals surface area contributed by atoms with Crippen LogP contribution >= 0.6 is 0 Å². The first kappa shape index (κ1) is 11.1. The van der Waals surface area contributed by atoms with E-state index in [0.717, 1.165) is 31.6 Å². The van der Waals surface area contributed by atoms with Crippen LogP contribution < -0.4 is 5.73 Å². The molecule has 86 valence electrons. The number of hydrogen-bond acceptors (Lipinski definition) is 3. The molecular formula is C12H17N3O. The molecule has 2 rings (SSSR count). The van der Waals surface area contributed by atoms with Crippen molar-refractivity contribution in [3.8, 4) is 0 Å². The van der Waals surface area contributed by atoms with Gasteiger partial charge in [0.1, 0.15) is 0 Å². The summed E-state index contributed by atoms with van der Waals surface area (Å²) in [5.41, 5.74) is 5.84. The van der Waals surface area contributed by atoms with Crippen molar-refractivity contribution in [1.29, 1.82) is 0 Å². The third kappa shape index (κ3) is 1.80. The lowest BCUT2D eigenvalue weighted by molar-refractivity contribution is -0.125. The van der Waals surface area contributed by atoms with Gasteiger partial charge in [0, 0.05) is 6.20 Å². The van der Waals surface area contributed by atoms with Crippen molar-refractivity contribution in [3.63, 3.8) is 0 Å². The van der Waals surface area contributed by atoms with E-state index < -0.39 is 5.41 Å². The molecule has 1 aliphatic heterocycles. The van der Waals surface area contributed by atoms with E-state index >= 15 is 0 Å². The molecule has 2 N–H and O–H groups in total. The van der Waals surface area contributed by atoms with Gasteiger partial charge in [-0.05, 0) is 45.1 Å². The number of carbonyl (C=O) groups is 1. The lowest BCUT2D eigenvalue weighted by atomic mass is 9.75. The largest absolute Gasteiger partial charge is 0.369 e. The van der Waals surface area contributed by atoms with E-state index in [0.29, 0.717) is 0 Å². The van der Waals surface area contributed by atoms with Crippen molar-refractivity contribution in [2.24, 2.45) is 5.73 Å². The molecule has 0 spiro atoms. The molecule has 1 aromatic heterocycles. The minimum Gasteiger partial charge on any atom is -0.369 e. The first-order valence-electron chi connectivity index (χ1n) is 5.55. The molecule has 4 heteroatoms. The minimum atomic E-state index is -0.562. The molecule has 1 fully saturated rings. The molecule has 1 amide bonds. The second-order valence-corrected chi connectivity index (χ2v) is 4.46. The number of pyridine rings is 1. The van der Waals surface area contributed by atoms with Gasteiger partial charge in [-0.2, -0.15) is 0 Å². The van der Waals surface area contributed by atoms with Crippen LogP contribution in [0.15, 0.2) is 24.4 Å². The number of nitrogens with two attached hydrogens (primary N) is 1. The summed E-state index contributed by atoms with van der Waals surface area (Å²) >= 11 is 0. The SMILES string of the molecule is CN1CCC(C(N)=O)(c2ccccn2)CC1. The van der Waals surface area contributed by atoms with Crippen molar-refractivity contribution in [2.45, 2.75) is 18.3 Å². The zero-order valence-corrected chi connectivity index (χ0v) is 9.52. The molecule has 1 saturated heterocycles. The van der Waals surface area contributed by atoms with E-state index in [1.807, 2.05) is 18.2 Å². The van der Waals surface area contributed by atoms with Crippen LogP contribution in [0, 0.1) is 0 Å². The van der Waals surface area contributed by atoms with E-state index in [9.17, 15) is 4.79 Å². The first-order valence-corrected chi connectivity index (χ1v) is 5.55. The van der Waals surface area contributed by atoms with Crippen molar-refractivity contribution >= 4 is 5.91 Å². The van der Waals surface area contributed by atoms with Gasteiger partial charge in [-0.1, -0.05) is 6.07 Å². The average molecular weight is 219 g/mol. The number of rotatable bonds is 2. The molecule has 0 unspecified atom stereocenters. The highest BCUT2D eigenvalue weighted by Gasteiger charge is 2.41. The van der Waals surface area contributed by atoms with Crippen LogP contribution in [0.1, 0.15) is 18.5 Å². The summed E-state index contributed by atoms with van der Waals surface area (Å²) in [5, 5.41) is 0. The average Bonchev–Trinajstić information content (AvgIpc) is 2.31. The second-order valence-electron chi connectivity index (χ2n) is 4.46. The van der Waals surface area contributed by atoms with Gasteiger partial charge in [-0.15, -0.1) is 0 Å². The quantitative estimate of drug-likeness (QED) is 0.789. The molecule has 2 heterocycles. The van der Waals surface area contributed by atoms with Gasteiger partial charge in [0.15, 0.2) is 0 Å². The maximum Gasteiger partial charge on any atom is 0.229 e. The van der Waals surface area contributed by atoms with E-state index in [2.05, 4.69) is 16.9 Å². The van der Waals surface area contributed by atoms with Crippen LogP contribution in [0.25, 0.3) is 0 Å². The van der Waals surface area contributed by atoms with Crippen molar-refractivity contribution in [3.05, 3.63) is 30.1 Å². The Balaban J connectivity index is 2.34. The van der Waals surface area contributed by atoms with Gasteiger partial charge < -0.3 is 10.6 Å². The fourth-order valence-corrected chi connectivity index (χ4v) is 2.27. The lowest BCUT2D eigenvalue weighted by Crippen LogP contribution is -2.49. The summed E-state index contributed by atoms with van der Waals surface area (Å²) in [6.45, 7) is 1.78. The Kier molecular flexibility index (Phi) is 2.92. The number of piperidine rings is 1. The summed E-state index contributed by atoms with van der Waals surface area (Å²) in [6, 6.07) is 5.66. The van der Waals surface area contributed by atoms with E-state index in [-0.39, 0.29) is 5.91 Å². The van der Waals surface area contributed by atoms with Gasteiger partial charge in [0.05, 0.1) is 11.1 Å². The molecule has 1 aromatic rings. The van der Waals surface area contributed by atoms with Gasteiger partial charge in [0.2, 0.25) is 5.91 Å². The van der Waals surface area contributed by atoms with Gasteiger partial charge in [0.25, 0.3) is 0 Å². The Morgan fingerprint density at radius 1 is 1.44 bits per heavy atom. The van der Waals surface area contributed by atoms with E-state index in [1.54, 1.807) is 6.20 Å². The normalized spacial score (nSPS) is 20.6. The Morgan fingerprint density at radius 2 is 2.12 bits per heavy atom. The number of aromatic nitrogens is 1. The fraction of sp³-hybridized carbons (Fsp3) is 0.500. The Bertz CT molecular complexity index is 369. The first-order chi connectivity index (χ1) is 7.65. The fourth-order valence-electron chi connectivity index (χ4n) is 2.27. The maximum atomic E-state index is 11.7. The van der Waals surface area contributed by atoms with Crippen molar-refractivity contribution in [1.82, 2.24) is 9.88 Å². The third-order valence-corrected chi connectivity index (χ3v) is 3.47. The highest BCUT2D eigenvalue weighted by atomic mass is 16.1. The van der Waals surface area contributed by atoms with Gasteiger partial charge in [-0.25, -0.2) is 0 Å². The smallest absolute Gasteiger partial charge is 0.229 e. The maximum absolute atomic E-state index is 11.7. The molecular weight excluding hydrogens is 202 g/mol. The van der Waals surface area contributed by atoms with Crippen molar-refractivity contribution in [2.75, 3.05) is 20.1 Å². The number of likely N-dealkylation sites (tertiary alicyclic amines) is 1. The third-order valence-electron chi connectivity index (χ3n) is 3.47. The highest BCUT2D eigenvalue weighted by Crippen LogP contribution is 2.33. The van der Waals surface area contributed by atoms with Crippen LogP contribution in [-0.4, -0.2) is 35.9 Å². The molecule has 4 nitrogen and oxygen atoms in total. The summed E-state index contributed by atoms with van der Waals surface area (Å²) in [6.07, 6.45) is 3.24. The molecule has 0 aliphatic carbocycles. The second kappa shape index (κ2) is 4.22. The summed E-state index contributed by atoms with van der Waals surface area (Å²) in [4.78, 5) is 18.3. The summed E-state index contributed by atoms with van der Waals surface area (Å²) in [7, 11) is 2.06. The lowest BCUT2D eigenvalue weighted by Gasteiger charge is -2.37. The van der Waals surface area contributed by atoms with Gasteiger partial charge in [-0.3, -0.25) is 9.78 Å². The Morgan fingerprint density at radius 3 is 2.62 bits per heavy atom. The minimum absolute atomic E-state index is 0.251. The standard InChI is InChI=1S/C12H17N3O/c1-15-8-5-12(6-9-15,11(13)16)10-4-2-3-7-14-10/h2-4,7H,5-6,8-9H2,1H3,(H2,13,16). The Hall–Kier alpha value is -1.42. The van der Waals surface area contributed by atoms with E-state index in [4.69, 9.17) is 5.73 Å². The molecule has 0 aromatic carbocycles. The van der Waals surface area contributed by atoms with Gasteiger partial charge >= 0.3 is 0 Å². The summed E-state index contributed by atoms with van der Waals surface area (Å²) < 4.78 is 0. The molecule has 1 aliphatic rings. The number of amides is 1. The molecule has 0 atom stereocenters. The van der Waals surface area contributed by atoms with Crippen LogP contribution in [0.5, 0.6) is 0 Å². The van der Waals surface area contributed by atoms with Crippen LogP contribution in [0.4, 0.5) is 0 Å². The molecule has 0 radical (unpaired) electrons. The number of hydrogen-bond donors (Lipinski definition) is 1. The predicted octanol–water partition coefficient (Wildman–Crippen LogP) is 0.530. The number of carbonyl (C=O) groups excluding carboxylic acids is 1. The monoisotopic (exact) mass is 219 g/mol. The Labute approximate surface area is 95.5 Å². The topological polar surface area (TPSA) is 59.2 Å².